The van der Waals surface area contributed by atoms with Crippen LogP contribution in [0.5, 0.6) is 0 Å². The zero-order valence-electron chi connectivity index (χ0n) is 13.6. The molecule has 1 aliphatic heterocycles. The predicted molar refractivity (Wildman–Crippen MR) is 85.5 cm³/mol. The molecule has 1 aromatic rings. The minimum Gasteiger partial charge on any atom is -0.382 e. The fraction of sp³-hybridized carbons (Fsp3) is 0.647. The van der Waals surface area contributed by atoms with Crippen molar-refractivity contribution in [1.82, 2.24) is 10.2 Å². The minimum absolute atomic E-state index is 0.0147. The van der Waals surface area contributed by atoms with Gasteiger partial charge in [-0.25, -0.2) is 0 Å². The van der Waals surface area contributed by atoms with Crippen LogP contribution in [0.25, 0.3) is 0 Å². The first-order valence-electron chi connectivity index (χ1n) is 7.65. The van der Waals surface area contributed by atoms with E-state index < -0.39 is 0 Å². The van der Waals surface area contributed by atoms with Crippen molar-refractivity contribution >= 4 is 0 Å². The van der Waals surface area contributed by atoms with Crippen molar-refractivity contribution in [3.8, 4) is 0 Å². The highest BCUT2D eigenvalue weighted by Gasteiger charge is 2.36. The molecule has 1 aromatic carbocycles. The van der Waals surface area contributed by atoms with Gasteiger partial charge >= 0.3 is 0 Å². The highest BCUT2D eigenvalue weighted by atomic mass is 16.5. The summed E-state index contributed by atoms with van der Waals surface area (Å²) in [4.78, 5) is 2.50. The predicted octanol–water partition coefficient (Wildman–Crippen LogP) is 1.86. The van der Waals surface area contributed by atoms with Gasteiger partial charge in [-0.1, -0.05) is 30.3 Å². The third-order valence-corrected chi connectivity index (χ3v) is 4.47. The first-order chi connectivity index (χ1) is 10.1. The Kier molecular flexibility index (Phi) is 5.76. The van der Waals surface area contributed by atoms with E-state index in [2.05, 4.69) is 54.4 Å². The number of piperazine rings is 1. The summed E-state index contributed by atoms with van der Waals surface area (Å²) in [7, 11) is 3.48. The quantitative estimate of drug-likeness (QED) is 0.868. The van der Waals surface area contributed by atoms with Crippen LogP contribution in [0.4, 0.5) is 0 Å². The summed E-state index contributed by atoms with van der Waals surface area (Å²) < 4.78 is 10.8. The molecule has 0 aromatic heterocycles. The molecular formula is C17H28N2O2. The van der Waals surface area contributed by atoms with Crippen LogP contribution in [0.1, 0.15) is 19.4 Å². The maximum absolute atomic E-state index is 5.53. The summed E-state index contributed by atoms with van der Waals surface area (Å²) >= 11 is 0. The Balaban J connectivity index is 2.08. The summed E-state index contributed by atoms with van der Waals surface area (Å²) in [5.41, 5.74) is 1.32. The van der Waals surface area contributed by atoms with Gasteiger partial charge in [0.05, 0.1) is 18.2 Å². The van der Waals surface area contributed by atoms with Crippen molar-refractivity contribution in [1.29, 1.82) is 0 Å². The number of methoxy groups -OCH3 is 2. The Morgan fingerprint density at radius 2 is 2.05 bits per heavy atom. The Hall–Kier alpha value is -0.940. The van der Waals surface area contributed by atoms with E-state index in [-0.39, 0.29) is 11.6 Å². The third kappa shape index (κ3) is 4.04. The second-order valence-corrected chi connectivity index (χ2v) is 6.17. The van der Waals surface area contributed by atoms with Crippen LogP contribution in [0.3, 0.4) is 0 Å². The SMILES string of the molecule is COCC(CN1CC(C)(c2ccccc2)NCC1C)OC. The summed E-state index contributed by atoms with van der Waals surface area (Å²) in [6, 6.07) is 11.2. The van der Waals surface area contributed by atoms with Gasteiger partial charge in [0.1, 0.15) is 0 Å². The van der Waals surface area contributed by atoms with Crippen molar-refractivity contribution in [3.05, 3.63) is 35.9 Å². The fourth-order valence-electron chi connectivity index (χ4n) is 3.01. The van der Waals surface area contributed by atoms with Crippen LogP contribution in [0, 0.1) is 0 Å². The Labute approximate surface area is 128 Å². The van der Waals surface area contributed by atoms with Crippen LogP contribution in [-0.2, 0) is 15.0 Å². The Bertz CT molecular complexity index is 426. The van der Waals surface area contributed by atoms with Crippen molar-refractivity contribution in [2.24, 2.45) is 0 Å². The average Bonchev–Trinajstić information content (AvgIpc) is 2.51. The maximum atomic E-state index is 5.53. The summed E-state index contributed by atoms with van der Waals surface area (Å²) in [6.07, 6.45) is 0.121. The number of ether oxygens (including phenoxy) is 2. The summed E-state index contributed by atoms with van der Waals surface area (Å²) in [6.45, 7) is 8.03. The second-order valence-electron chi connectivity index (χ2n) is 6.17. The van der Waals surface area contributed by atoms with Gasteiger partial charge < -0.3 is 14.8 Å². The molecule has 3 atom stereocenters. The molecule has 2 rings (SSSR count). The van der Waals surface area contributed by atoms with Crippen LogP contribution < -0.4 is 5.32 Å². The number of hydrogen-bond acceptors (Lipinski definition) is 4. The molecule has 1 fully saturated rings. The van der Waals surface area contributed by atoms with E-state index in [1.54, 1.807) is 14.2 Å². The molecule has 0 amide bonds. The summed E-state index contributed by atoms with van der Waals surface area (Å²) in [5, 5.41) is 3.70. The van der Waals surface area contributed by atoms with Crippen molar-refractivity contribution in [3.63, 3.8) is 0 Å². The van der Waals surface area contributed by atoms with Gasteiger partial charge in [-0.15, -0.1) is 0 Å². The molecule has 21 heavy (non-hydrogen) atoms. The molecule has 0 radical (unpaired) electrons. The van der Waals surface area contributed by atoms with Crippen LogP contribution in [0.2, 0.25) is 0 Å². The molecule has 4 heteroatoms. The number of nitrogens with one attached hydrogen (secondary N) is 1. The zero-order chi connectivity index (χ0) is 15.3. The van der Waals surface area contributed by atoms with Crippen LogP contribution in [-0.4, -0.2) is 57.5 Å². The molecular weight excluding hydrogens is 264 g/mol. The number of hydrogen-bond donors (Lipinski definition) is 1. The van der Waals surface area contributed by atoms with Gasteiger partial charge in [-0.2, -0.15) is 0 Å². The molecule has 4 nitrogen and oxygen atoms in total. The molecule has 1 N–H and O–H groups in total. The Morgan fingerprint density at radius 3 is 2.67 bits per heavy atom. The molecule has 0 bridgehead atoms. The van der Waals surface area contributed by atoms with E-state index in [4.69, 9.17) is 9.47 Å². The zero-order valence-corrected chi connectivity index (χ0v) is 13.6. The molecule has 3 unspecified atom stereocenters. The fourth-order valence-corrected chi connectivity index (χ4v) is 3.01. The van der Waals surface area contributed by atoms with E-state index in [1.807, 2.05) is 0 Å². The number of benzene rings is 1. The standard InChI is InChI=1S/C17H28N2O2/c1-14-10-18-17(2,15-8-6-5-7-9-15)13-19(14)11-16(21-4)12-20-3/h5-9,14,16,18H,10-13H2,1-4H3. The summed E-state index contributed by atoms with van der Waals surface area (Å²) in [5.74, 6) is 0. The molecule has 0 aliphatic carbocycles. The Morgan fingerprint density at radius 1 is 1.33 bits per heavy atom. The molecule has 1 aliphatic rings. The average molecular weight is 292 g/mol. The van der Waals surface area contributed by atoms with Gasteiger partial charge in [0.25, 0.3) is 0 Å². The smallest absolute Gasteiger partial charge is 0.0931 e. The molecule has 1 saturated heterocycles. The van der Waals surface area contributed by atoms with E-state index in [9.17, 15) is 0 Å². The number of nitrogens with zero attached hydrogens (tertiary/aromatic N) is 1. The van der Waals surface area contributed by atoms with Gasteiger partial charge in [0, 0.05) is 39.9 Å². The van der Waals surface area contributed by atoms with Crippen molar-refractivity contribution < 1.29 is 9.47 Å². The first kappa shape index (κ1) is 16.4. The highest BCUT2D eigenvalue weighted by molar-refractivity contribution is 5.25. The third-order valence-electron chi connectivity index (χ3n) is 4.47. The van der Waals surface area contributed by atoms with Gasteiger partial charge in [0.2, 0.25) is 0 Å². The minimum atomic E-state index is -0.0147. The second kappa shape index (κ2) is 7.36. The van der Waals surface area contributed by atoms with E-state index in [1.165, 1.54) is 5.56 Å². The van der Waals surface area contributed by atoms with Crippen LogP contribution >= 0.6 is 0 Å². The van der Waals surface area contributed by atoms with E-state index >= 15 is 0 Å². The normalized spacial score (nSPS) is 28.5. The molecule has 0 spiro atoms. The lowest BCUT2D eigenvalue weighted by Crippen LogP contribution is -2.61. The highest BCUT2D eigenvalue weighted by Crippen LogP contribution is 2.26. The molecule has 0 saturated carbocycles. The lowest BCUT2D eigenvalue weighted by Gasteiger charge is -2.46. The molecule has 118 valence electrons. The topological polar surface area (TPSA) is 33.7 Å². The van der Waals surface area contributed by atoms with Crippen molar-refractivity contribution in [2.75, 3.05) is 40.5 Å². The van der Waals surface area contributed by atoms with Gasteiger partial charge in [0.15, 0.2) is 0 Å². The van der Waals surface area contributed by atoms with Gasteiger partial charge in [-0.3, -0.25) is 4.90 Å². The monoisotopic (exact) mass is 292 g/mol. The van der Waals surface area contributed by atoms with E-state index in [0.29, 0.717) is 12.6 Å². The lowest BCUT2D eigenvalue weighted by molar-refractivity contribution is -0.0167. The first-order valence-corrected chi connectivity index (χ1v) is 7.65. The van der Waals surface area contributed by atoms with Crippen molar-refractivity contribution in [2.45, 2.75) is 31.5 Å². The molecule has 1 heterocycles. The lowest BCUT2D eigenvalue weighted by atomic mass is 9.88. The van der Waals surface area contributed by atoms with E-state index in [0.717, 1.165) is 19.6 Å². The maximum Gasteiger partial charge on any atom is 0.0931 e. The van der Waals surface area contributed by atoms with Gasteiger partial charge in [-0.05, 0) is 19.4 Å². The number of rotatable bonds is 6. The van der Waals surface area contributed by atoms with Crippen LogP contribution in [0.15, 0.2) is 30.3 Å². The largest absolute Gasteiger partial charge is 0.382 e.